The Bertz CT molecular complexity index is 570. The summed E-state index contributed by atoms with van der Waals surface area (Å²) in [4.78, 5) is 8.03. The molecule has 24 heavy (non-hydrogen) atoms. The summed E-state index contributed by atoms with van der Waals surface area (Å²) in [5.41, 5.74) is 3.19. The Morgan fingerprint density at radius 1 is 1.08 bits per heavy atom. The quantitative estimate of drug-likeness (QED) is 0.841. The minimum Gasteiger partial charge on any atom is -0.375 e. The van der Waals surface area contributed by atoms with Crippen LogP contribution in [0.4, 0.5) is 0 Å². The van der Waals surface area contributed by atoms with Crippen LogP contribution in [0.25, 0.3) is 0 Å². The van der Waals surface area contributed by atoms with Gasteiger partial charge in [0.05, 0.1) is 0 Å². The third kappa shape index (κ3) is 3.25. The van der Waals surface area contributed by atoms with Crippen molar-refractivity contribution in [3.8, 4) is 0 Å². The molecule has 3 heteroatoms. The van der Waals surface area contributed by atoms with E-state index in [1.54, 1.807) is 0 Å². The summed E-state index contributed by atoms with van der Waals surface area (Å²) in [5.74, 6) is 0. The Labute approximate surface area is 146 Å². The van der Waals surface area contributed by atoms with Crippen LogP contribution in [0.3, 0.4) is 0 Å². The number of piperidine rings is 1. The molecular formula is C21H31N3. The lowest BCUT2D eigenvalue weighted by Crippen LogP contribution is -2.58. The normalized spacial score (nSPS) is 25.1. The summed E-state index contributed by atoms with van der Waals surface area (Å²) in [5, 5.41) is 0. The Balaban J connectivity index is 1.35. The van der Waals surface area contributed by atoms with Gasteiger partial charge in [-0.15, -0.1) is 0 Å². The molecule has 2 aliphatic heterocycles. The molecule has 2 heterocycles. The van der Waals surface area contributed by atoms with Crippen molar-refractivity contribution >= 4 is 0 Å². The van der Waals surface area contributed by atoms with Gasteiger partial charge >= 0.3 is 0 Å². The standard InChI is InChI=1S/C21H31N3/c1-18(2)22-12-8-20(9-13-22)23-14-15-24(21(17-23)10-11-21)16-19-6-4-3-5-7-19/h3-7,20H,1,8-17H2,2H3. The fourth-order valence-electron chi connectivity index (χ4n) is 4.64. The lowest BCUT2D eigenvalue weighted by atomic mass is 9.99. The van der Waals surface area contributed by atoms with Crippen LogP contribution in [-0.4, -0.2) is 59.0 Å². The van der Waals surface area contributed by atoms with Crippen molar-refractivity contribution in [3.05, 3.63) is 48.2 Å². The van der Waals surface area contributed by atoms with Crippen molar-refractivity contribution in [1.29, 1.82) is 0 Å². The molecule has 1 saturated carbocycles. The van der Waals surface area contributed by atoms with Crippen LogP contribution in [0.1, 0.15) is 38.2 Å². The molecule has 0 amide bonds. The number of benzene rings is 1. The molecule has 0 aromatic heterocycles. The molecule has 1 spiro atoms. The molecule has 1 aromatic rings. The Morgan fingerprint density at radius 3 is 2.42 bits per heavy atom. The van der Waals surface area contributed by atoms with Crippen molar-refractivity contribution in [2.24, 2.45) is 0 Å². The third-order valence-electron chi connectivity index (χ3n) is 6.39. The molecule has 0 bridgehead atoms. The van der Waals surface area contributed by atoms with E-state index in [4.69, 9.17) is 0 Å². The molecule has 2 saturated heterocycles. The molecule has 3 nitrogen and oxygen atoms in total. The highest BCUT2D eigenvalue weighted by Gasteiger charge is 2.51. The van der Waals surface area contributed by atoms with Crippen LogP contribution in [0, 0.1) is 0 Å². The van der Waals surface area contributed by atoms with Gasteiger partial charge in [0.15, 0.2) is 0 Å². The van der Waals surface area contributed by atoms with Gasteiger partial charge in [-0.3, -0.25) is 9.80 Å². The monoisotopic (exact) mass is 325 g/mol. The van der Waals surface area contributed by atoms with E-state index in [0.717, 1.165) is 12.6 Å². The number of hydrogen-bond donors (Lipinski definition) is 0. The van der Waals surface area contributed by atoms with Gasteiger partial charge in [-0.05, 0) is 38.2 Å². The third-order valence-corrected chi connectivity index (χ3v) is 6.39. The molecule has 3 aliphatic rings. The van der Waals surface area contributed by atoms with Crippen molar-refractivity contribution < 1.29 is 0 Å². The number of rotatable bonds is 4. The summed E-state index contributed by atoms with van der Waals surface area (Å²) >= 11 is 0. The predicted octanol–water partition coefficient (Wildman–Crippen LogP) is 3.33. The number of piperazine rings is 1. The maximum absolute atomic E-state index is 4.10. The van der Waals surface area contributed by atoms with Gasteiger partial charge in [-0.1, -0.05) is 36.9 Å². The molecule has 1 aliphatic carbocycles. The summed E-state index contributed by atoms with van der Waals surface area (Å²) < 4.78 is 0. The average Bonchev–Trinajstić information content (AvgIpc) is 3.38. The van der Waals surface area contributed by atoms with Gasteiger partial charge in [0.25, 0.3) is 0 Å². The largest absolute Gasteiger partial charge is 0.375 e. The van der Waals surface area contributed by atoms with E-state index >= 15 is 0 Å². The molecule has 4 rings (SSSR count). The number of likely N-dealkylation sites (tertiary alicyclic amines) is 1. The molecular weight excluding hydrogens is 294 g/mol. The predicted molar refractivity (Wildman–Crippen MR) is 99.8 cm³/mol. The van der Waals surface area contributed by atoms with E-state index in [-0.39, 0.29) is 0 Å². The number of allylic oxidation sites excluding steroid dienone is 1. The molecule has 0 unspecified atom stereocenters. The zero-order chi connectivity index (χ0) is 16.6. The average molecular weight is 326 g/mol. The maximum atomic E-state index is 4.10. The second-order valence-corrected chi connectivity index (χ2v) is 8.06. The smallest absolute Gasteiger partial charge is 0.0342 e. The minimum atomic E-state index is 0.486. The minimum absolute atomic E-state index is 0.486. The fourth-order valence-corrected chi connectivity index (χ4v) is 4.64. The molecule has 1 aromatic carbocycles. The zero-order valence-electron chi connectivity index (χ0n) is 15.1. The van der Waals surface area contributed by atoms with Crippen LogP contribution in [0.5, 0.6) is 0 Å². The van der Waals surface area contributed by atoms with E-state index < -0.39 is 0 Å². The zero-order valence-corrected chi connectivity index (χ0v) is 15.1. The topological polar surface area (TPSA) is 9.72 Å². The summed E-state index contributed by atoms with van der Waals surface area (Å²) in [6, 6.07) is 11.8. The lowest BCUT2D eigenvalue weighted by molar-refractivity contribution is 0.0134. The second kappa shape index (κ2) is 6.53. The highest BCUT2D eigenvalue weighted by molar-refractivity contribution is 5.17. The second-order valence-electron chi connectivity index (χ2n) is 8.06. The summed E-state index contributed by atoms with van der Waals surface area (Å²) in [6.45, 7) is 13.5. The SMILES string of the molecule is C=C(C)N1CCC(N2CCN(Cc3ccccc3)C3(CC3)C2)CC1. The van der Waals surface area contributed by atoms with Crippen LogP contribution in [-0.2, 0) is 6.54 Å². The molecule has 0 radical (unpaired) electrons. The van der Waals surface area contributed by atoms with E-state index in [1.807, 2.05) is 0 Å². The maximum Gasteiger partial charge on any atom is 0.0342 e. The first-order valence-corrected chi connectivity index (χ1v) is 9.60. The molecule has 0 atom stereocenters. The number of hydrogen-bond acceptors (Lipinski definition) is 3. The van der Waals surface area contributed by atoms with Crippen molar-refractivity contribution in [2.45, 2.75) is 50.7 Å². The summed E-state index contributed by atoms with van der Waals surface area (Å²) in [7, 11) is 0. The van der Waals surface area contributed by atoms with Gasteiger partial charge in [0.1, 0.15) is 0 Å². The van der Waals surface area contributed by atoms with Crippen LogP contribution in [0.15, 0.2) is 42.6 Å². The fraction of sp³-hybridized carbons (Fsp3) is 0.619. The van der Waals surface area contributed by atoms with Crippen molar-refractivity contribution in [2.75, 3.05) is 32.7 Å². The van der Waals surface area contributed by atoms with Crippen LogP contribution >= 0.6 is 0 Å². The molecule has 130 valence electrons. The van der Waals surface area contributed by atoms with E-state index in [2.05, 4.69) is 58.5 Å². The van der Waals surface area contributed by atoms with E-state index in [0.29, 0.717) is 5.54 Å². The van der Waals surface area contributed by atoms with Crippen molar-refractivity contribution in [1.82, 2.24) is 14.7 Å². The van der Waals surface area contributed by atoms with Crippen LogP contribution in [0.2, 0.25) is 0 Å². The van der Waals surface area contributed by atoms with Crippen molar-refractivity contribution in [3.63, 3.8) is 0 Å². The molecule has 3 fully saturated rings. The highest BCUT2D eigenvalue weighted by atomic mass is 15.3. The summed E-state index contributed by atoms with van der Waals surface area (Å²) in [6.07, 6.45) is 5.39. The van der Waals surface area contributed by atoms with Gasteiger partial charge in [0.2, 0.25) is 0 Å². The van der Waals surface area contributed by atoms with Gasteiger partial charge in [0, 0.05) is 56.5 Å². The van der Waals surface area contributed by atoms with E-state index in [9.17, 15) is 0 Å². The first-order chi connectivity index (χ1) is 11.7. The highest BCUT2D eigenvalue weighted by Crippen LogP contribution is 2.45. The van der Waals surface area contributed by atoms with Crippen LogP contribution < -0.4 is 0 Å². The van der Waals surface area contributed by atoms with Gasteiger partial charge < -0.3 is 4.90 Å². The van der Waals surface area contributed by atoms with Gasteiger partial charge in [-0.25, -0.2) is 0 Å². The Kier molecular flexibility index (Phi) is 4.40. The Morgan fingerprint density at radius 2 is 1.79 bits per heavy atom. The number of nitrogens with zero attached hydrogens (tertiary/aromatic N) is 3. The van der Waals surface area contributed by atoms with E-state index in [1.165, 1.54) is 69.7 Å². The van der Waals surface area contributed by atoms with Gasteiger partial charge in [-0.2, -0.15) is 0 Å². The first kappa shape index (κ1) is 16.2. The first-order valence-electron chi connectivity index (χ1n) is 9.60. The Hall–Kier alpha value is -1.32. The molecule has 0 N–H and O–H groups in total. The lowest BCUT2D eigenvalue weighted by Gasteiger charge is -2.47.